The molecule has 1 atom stereocenters. The predicted molar refractivity (Wildman–Crippen MR) is 168 cm³/mol. The molecule has 0 radical (unpaired) electrons. The van der Waals surface area contributed by atoms with E-state index in [-0.39, 0.29) is 22.7 Å². The molecule has 5 rings (SSSR count). The van der Waals surface area contributed by atoms with Crippen LogP contribution in [0.4, 0.5) is 29.5 Å². The summed E-state index contributed by atoms with van der Waals surface area (Å²) in [6.07, 6.45) is -2.24. The normalized spacial score (nSPS) is 15.0. The molecule has 3 N–H and O–H groups in total. The molecule has 3 heterocycles. The third-order valence-electron chi connectivity index (χ3n) is 8.02. The lowest BCUT2D eigenvalue weighted by Crippen LogP contribution is -2.34. The highest BCUT2D eigenvalue weighted by Gasteiger charge is 2.36. The minimum atomic E-state index is -4.61. The maximum absolute atomic E-state index is 14.0. The molecule has 2 aromatic carbocycles. The van der Waals surface area contributed by atoms with Gasteiger partial charge in [0, 0.05) is 28.9 Å². The minimum Gasteiger partial charge on any atom is -0.317 e. The number of alkyl halides is 3. The highest BCUT2D eigenvalue weighted by atomic mass is 19.4. The monoisotopic (exact) mass is 618 g/mol. The lowest BCUT2D eigenvalue weighted by atomic mass is 9.76. The molecule has 0 aliphatic carbocycles. The number of para-hydroxylation sites is 1. The summed E-state index contributed by atoms with van der Waals surface area (Å²) in [5.41, 5.74) is 2.45. The number of rotatable bonds is 7. The number of piperidine rings is 1. The van der Waals surface area contributed by atoms with Crippen LogP contribution in [0.15, 0.2) is 72.9 Å². The van der Waals surface area contributed by atoms with Crippen molar-refractivity contribution in [3.63, 3.8) is 0 Å². The Morgan fingerprint density at radius 3 is 2.24 bits per heavy atom. The van der Waals surface area contributed by atoms with Crippen LogP contribution in [-0.2, 0) is 11.6 Å². The largest absolute Gasteiger partial charge is 0.433 e. The van der Waals surface area contributed by atoms with Gasteiger partial charge in [-0.3, -0.25) is 15.1 Å². The number of aryl methyl sites for hydroxylation is 1. The molecule has 1 fully saturated rings. The summed E-state index contributed by atoms with van der Waals surface area (Å²) in [7, 11) is 0. The maximum Gasteiger partial charge on any atom is 0.433 e. The van der Waals surface area contributed by atoms with E-state index in [1.807, 2.05) is 58.0 Å². The average Bonchev–Trinajstić information content (AvgIpc) is 3.43. The topological polar surface area (TPSA) is 101 Å². The van der Waals surface area contributed by atoms with Gasteiger partial charge in [0.15, 0.2) is 5.78 Å². The fourth-order valence-electron chi connectivity index (χ4n) is 5.55. The number of nitrogens with one attached hydrogen (secondary N) is 3. The second-order valence-electron chi connectivity index (χ2n) is 12.4. The Balaban J connectivity index is 1.45. The second kappa shape index (κ2) is 12.8. The van der Waals surface area contributed by atoms with Crippen LogP contribution in [0.3, 0.4) is 0 Å². The second-order valence-corrected chi connectivity index (χ2v) is 12.4. The summed E-state index contributed by atoms with van der Waals surface area (Å²) >= 11 is 0. The van der Waals surface area contributed by atoms with Gasteiger partial charge in [-0.15, -0.1) is 0 Å². The molecular formula is C34H37F3N6O2. The zero-order chi connectivity index (χ0) is 32.4. The van der Waals surface area contributed by atoms with E-state index in [0.717, 1.165) is 29.2 Å². The Morgan fingerprint density at radius 1 is 0.933 bits per heavy atom. The molecule has 0 saturated carbocycles. The van der Waals surface area contributed by atoms with Gasteiger partial charge < -0.3 is 10.6 Å². The molecule has 236 valence electrons. The SMILES string of the molecule is Cc1ccc(-n2nc(C(C)(C)C)cc2NC(=O)Nc2ccccc2C(C(=O)c2ccc(C(F)(F)F)nc2)C2CCNCC2)cc1. The number of halogens is 3. The summed E-state index contributed by atoms with van der Waals surface area (Å²) in [6, 6.07) is 18.2. The van der Waals surface area contributed by atoms with Crippen molar-refractivity contribution >= 4 is 23.3 Å². The summed E-state index contributed by atoms with van der Waals surface area (Å²) in [5.74, 6) is -0.664. The van der Waals surface area contributed by atoms with Gasteiger partial charge in [0.25, 0.3) is 0 Å². The van der Waals surface area contributed by atoms with Gasteiger partial charge >= 0.3 is 12.2 Å². The fourth-order valence-corrected chi connectivity index (χ4v) is 5.55. The van der Waals surface area contributed by atoms with E-state index in [0.29, 0.717) is 43.0 Å². The molecule has 1 saturated heterocycles. The van der Waals surface area contributed by atoms with Crippen LogP contribution in [0, 0.1) is 12.8 Å². The van der Waals surface area contributed by atoms with E-state index >= 15 is 0 Å². The van der Waals surface area contributed by atoms with E-state index in [1.165, 1.54) is 6.07 Å². The van der Waals surface area contributed by atoms with Crippen LogP contribution >= 0.6 is 0 Å². The van der Waals surface area contributed by atoms with Crippen LogP contribution < -0.4 is 16.0 Å². The number of ketones is 1. The van der Waals surface area contributed by atoms with Crippen molar-refractivity contribution in [2.45, 2.75) is 58.0 Å². The van der Waals surface area contributed by atoms with Crippen molar-refractivity contribution in [1.82, 2.24) is 20.1 Å². The van der Waals surface area contributed by atoms with Gasteiger partial charge in [-0.2, -0.15) is 18.3 Å². The molecular weight excluding hydrogens is 581 g/mol. The number of aromatic nitrogens is 3. The van der Waals surface area contributed by atoms with Crippen molar-refractivity contribution in [3.8, 4) is 5.69 Å². The summed E-state index contributed by atoms with van der Waals surface area (Å²) in [4.78, 5) is 31.0. The number of carbonyl (C=O) groups is 2. The number of anilines is 2. The molecule has 1 unspecified atom stereocenters. The number of hydrogen-bond acceptors (Lipinski definition) is 5. The minimum absolute atomic E-state index is 0.0856. The smallest absolute Gasteiger partial charge is 0.317 e. The Hall–Kier alpha value is -4.51. The van der Waals surface area contributed by atoms with Crippen LogP contribution in [0.25, 0.3) is 5.69 Å². The van der Waals surface area contributed by atoms with Gasteiger partial charge in [0.1, 0.15) is 11.5 Å². The quantitative estimate of drug-likeness (QED) is 0.186. The van der Waals surface area contributed by atoms with Crippen LogP contribution in [0.2, 0.25) is 0 Å². The number of hydrogen-bond donors (Lipinski definition) is 3. The van der Waals surface area contributed by atoms with E-state index in [4.69, 9.17) is 5.10 Å². The molecule has 45 heavy (non-hydrogen) atoms. The predicted octanol–water partition coefficient (Wildman–Crippen LogP) is 7.50. The van der Waals surface area contributed by atoms with Crippen molar-refractivity contribution < 1.29 is 22.8 Å². The summed E-state index contributed by atoms with van der Waals surface area (Å²) in [5, 5.41) is 13.9. The van der Waals surface area contributed by atoms with Crippen molar-refractivity contribution in [1.29, 1.82) is 0 Å². The van der Waals surface area contributed by atoms with Crippen molar-refractivity contribution in [2.24, 2.45) is 5.92 Å². The number of benzene rings is 2. The first-order valence-electron chi connectivity index (χ1n) is 14.9. The Bertz CT molecular complexity index is 1650. The highest BCUT2D eigenvalue weighted by Crippen LogP contribution is 2.38. The van der Waals surface area contributed by atoms with Crippen molar-refractivity contribution in [3.05, 3.63) is 101 Å². The number of urea groups is 1. The summed E-state index contributed by atoms with van der Waals surface area (Å²) in [6.45, 7) is 9.52. The Morgan fingerprint density at radius 2 is 1.62 bits per heavy atom. The molecule has 1 aliphatic heterocycles. The highest BCUT2D eigenvalue weighted by molar-refractivity contribution is 6.04. The van der Waals surface area contributed by atoms with Gasteiger partial charge in [-0.25, -0.2) is 9.48 Å². The number of nitrogens with zero attached hydrogens (tertiary/aromatic N) is 3. The molecule has 2 aromatic heterocycles. The third kappa shape index (κ3) is 7.42. The average molecular weight is 619 g/mol. The molecule has 11 heteroatoms. The molecule has 0 bridgehead atoms. The fraction of sp³-hybridized carbons (Fsp3) is 0.353. The number of pyridine rings is 1. The van der Waals surface area contributed by atoms with Crippen molar-refractivity contribution in [2.75, 3.05) is 23.7 Å². The van der Waals surface area contributed by atoms with Gasteiger partial charge in [0.05, 0.1) is 17.3 Å². The zero-order valence-electron chi connectivity index (χ0n) is 25.7. The first kappa shape index (κ1) is 31.9. The molecule has 4 aromatic rings. The lowest BCUT2D eigenvalue weighted by molar-refractivity contribution is -0.141. The van der Waals surface area contributed by atoms with Gasteiger partial charge in [-0.1, -0.05) is 56.7 Å². The first-order valence-corrected chi connectivity index (χ1v) is 14.9. The maximum atomic E-state index is 14.0. The van der Waals surface area contributed by atoms with E-state index < -0.39 is 23.8 Å². The van der Waals surface area contributed by atoms with Gasteiger partial charge in [-0.05, 0) is 74.7 Å². The zero-order valence-corrected chi connectivity index (χ0v) is 25.7. The Kier molecular flexibility index (Phi) is 9.11. The number of amides is 2. The first-order chi connectivity index (χ1) is 21.3. The number of carbonyl (C=O) groups excluding carboxylic acids is 2. The van der Waals surface area contributed by atoms with E-state index in [1.54, 1.807) is 28.9 Å². The molecule has 2 amide bonds. The molecule has 0 spiro atoms. The Labute approximate surface area is 260 Å². The standard InChI is InChI=1S/C34H37F3N6O2/c1-21-9-12-24(13-10-21)43-29(19-28(42-43)33(2,3)4)41-32(45)40-26-8-6-5-7-25(26)30(22-15-17-38-18-16-22)31(44)23-11-14-27(39-20-23)34(35,36)37/h5-14,19-20,22,30,38H,15-18H2,1-4H3,(H2,40,41,45). The molecule has 1 aliphatic rings. The van der Waals surface area contributed by atoms with Crippen LogP contribution in [0.5, 0.6) is 0 Å². The van der Waals surface area contributed by atoms with E-state index in [2.05, 4.69) is 20.9 Å². The van der Waals surface area contributed by atoms with E-state index in [9.17, 15) is 22.8 Å². The number of Topliss-reactive ketones (excluding diaryl/α,β-unsaturated/α-hetero) is 1. The van der Waals surface area contributed by atoms with Crippen LogP contribution in [0.1, 0.15) is 72.4 Å². The third-order valence-corrected chi connectivity index (χ3v) is 8.02. The van der Waals surface area contributed by atoms with Gasteiger partial charge in [0.2, 0.25) is 0 Å². The summed E-state index contributed by atoms with van der Waals surface area (Å²) < 4.78 is 41.2. The van der Waals surface area contributed by atoms with Crippen LogP contribution in [-0.4, -0.2) is 39.7 Å². The lowest BCUT2D eigenvalue weighted by Gasteiger charge is -2.31. The molecule has 8 nitrogen and oxygen atoms in total.